The minimum Gasteiger partial charge on any atom is -0.478 e. The predicted octanol–water partition coefficient (Wildman–Crippen LogP) is 2.91. The molecule has 2 heterocycles. The minimum atomic E-state index is -4.00. The van der Waals surface area contributed by atoms with Gasteiger partial charge in [-0.25, -0.2) is 22.6 Å². The van der Waals surface area contributed by atoms with Gasteiger partial charge in [0.05, 0.1) is 22.5 Å². The number of carboxylic acids is 1. The molecule has 1 aromatic heterocycles. The quantitative estimate of drug-likeness (QED) is 0.333. The second kappa shape index (κ2) is 11.7. The van der Waals surface area contributed by atoms with Crippen LogP contribution in [-0.4, -0.2) is 74.6 Å². The Morgan fingerprint density at radius 1 is 1.05 bits per heavy atom. The number of carbonyl (C=O) groups excluding carboxylic acids is 1. The van der Waals surface area contributed by atoms with Crippen molar-refractivity contribution in [2.75, 3.05) is 48.9 Å². The third kappa shape index (κ3) is 6.56. The maximum Gasteiger partial charge on any atom is 0.336 e. The Hall–Kier alpha value is -3.77. The highest BCUT2D eigenvalue weighted by Crippen LogP contribution is 2.28. The number of pyridine rings is 1. The number of carboxylic acid groups (broad SMARTS) is 1. The first kappa shape index (κ1) is 27.3. The molecular weight excluding hydrogens is 513 g/mol. The van der Waals surface area contributed by atoms with Gasteiger partial charge in [0.2, 0.25) is 5.91 Å². The maximum atomic E-state index is 13.2. The van der Waals surface area contributed by atoms with Gasteiger partial charge in [-0.1, -0.05) is 13.3 Å². The Morgan fingerprint density at radius 2 is 1.76 bits per heavy atom. The number of aromatic carboxylic acids is 1. The number of nitrogens with zero attached hydrogens (tertiary/aromatic N) is 3. The minimum absolute atomic E-state index is 0.00486. The number of carbonyl (C=O) groups is 2. The van der Waals surface area contributed by atoms with Gasteiger partial charge in [-0.3, -0.25) is 14.4 Å². The summed E-state index contributed by atoms with van der Waals surface area (Å²) in [5.41, 5.74) is 0.553. The number of aromatic nitrogens is 1. The zero-order valence-corrected chi connectivity index (χ0v) is 21.8. The van der Waals surface area contributed by atoms with E-state index in [-0.39, 0.29) is 27.4 Å². The van der Waals surface area contributed by atoms with E-state index in [1.807, 2.05) is 4.90 Å². The lowest BCUT2D eigenvalue weighted by molar-refractivity contribution is -0.122. The Labute approximate surface area is 220 Å². The van der Waals surface area contributed by atoms with Gasteiger partial charge in [-0.2, -0.15) is 0 Å². The highest BCUT2D eigenvalue weighted by atomic mass is 32.2. The number of fused-ring (bicyclic) bond motifs is 1. The van der Waals surface area contributed by atoms with Gasteiger partial charge in [-0.15, -0.1) is 0 Å². The van der Waals surface area contributed by atoms with Crippen molar-refractivity contribution < 1.29 is 27.5 Å². The first-order valence-electron chi connectivity index (χ1n) is 12.4. The molecule has 0 unspecified atom stereocenters. The fraction of sp³-hybridized carbons (Fsp3) is 0.346. The Bertz CT molecular complexity index is 1420. The van der Waals surface area contributed by atoms with Gasteiger partial charge in [-0.05, 0) is 55.0 Å². The van der Waals surface area contributed by atoms with Crippen LogP contribution in [0.2, 0.25) is 0 Å². The summed E-state index contributed by atoms with van der Waals surface area (Å²) in [6.07, 6.45) is 1.96. The standard InChI is InChI=1S/C26H30FN5O5S/c1-2-3-10-28-25(33)17-31-11-13-32(14-12-31)24-16-22(26(34)35)21-15-19(6-9-23(21)29-24)30-38(36,37)20-7-4-18(27)5-8-20/h4-9,15-16,30H,2-3,10-14,17H2,1H3,(H,28,33)(H,34,35). The lowest BCUT2D eigenvalue weighted by Gasteiger charge is -2.35. The molecule has 1 fully saturated rings. The van der Waals surface area contributed by atoms with Crippen molar-refractivity contribution in [3.05, 3.63) is 59.9 Å². The second-order valence-corrected chi connectivity index (χ2v) is 10.8. The lowest BCUT2D eigenvalue weighted by Crippen LogP contribution is -2.49. The molecule has 4 rings (SSSR count). The highest BCUT2D eigenvalue weighted by Gasteiger charge is 2.23. The molecule has 1 aliphatic rings. The summed E-state index contributed by atoms with van der Waals surface area (Å²) in [6, 6.07) is 10.4. The molecule has 0 bridgehead atoms. The van der Waals surface area contributed by atoms with Crippen molar-refractivity contribution in [2.45, 2.75) is 24.7 Å². The fourth-order valence-electron chi connectivity index (χ4n) is 4.24. The van der Waals surface area contributed by atoms with Crippen LogP contribution < -0.4 is 14.9 Å². The third-order valence-corrected chi connectivity index (χ3v) is 7.71. The summed E-state index contributed by atoms with van der Waals surface area (Å²) in [5.74, 6) is -1.23. The summed E-state index contributed by atoms with van der Waals surface area (Å²) in [4.78, 5) is 32.8. The Balaban J connectivity index is 1.50. The number of piperazine rings is 1. The smallest absolute Gasteiger partial charge is 0.336 e. The second-order valence-electron chi connectivity index (χ2n) is 9.09. The van der Waals surface area contributed by atoms with Crippen LogP contribution in [-0.2, 0) is 14.8 Å². The van der Waals surface area contributed by atoms with Gasteiger partial charge < -0.3 is 15.3 Å². The summed E-state index contributed by atoms with van der Waals surface area (Å²) >= 11 is 0. The molecular formula is C26H30FN5O5S. The molecule has 1 aliphatic heterocycles. The van der Waals surface area contributed by atoms with E-state index in [2.05, 4.69) is 26.8 Å². The van der Waals surface area contributed by atoms with E-state index in [0.29, 0.717) is 50.6 Å². The summed E-state index contributed by atoms with van der Waals surface area (Å²) in [7, 11) is -4.00. The average Bonchev–Trinajstić information content (AvgIpc) is 2.88. The molecule has 202 valence electrons. The van der Waals surface area contributed by atoms with E-state index in [9.17, 15) is 27.5 Å². The summed E-state index contributed by atoms with van der Waals surface area (Å²) < 4.78 is 41.0. The monoisotopic (exact) mass is 543 g/mol. The van der Waals surface area contributed by atoms with Crippen molar-refractivity contribution in [2.24, 2.45) is 0 Å². The number of amides is 1. The molecule has 38 heavy (non-hydrogen) atoms. The van der Waals surface area contributed by atoms with E-state index in [1.165, 1.54) is 18.2 Å². The van der Waals surface area contributed by atoms with E-state index < -0.39 is 21.8 Å². The molecule has 0 saturated carbocycles. The predicted molar refractivity (Wildman–Crippen MR) is 142 cm³/mol. The van der Waals surface area contributed by atoms with E-state index in [4.69, 9.17) is 0 Å². The molecule has 0 radical (unpaired) electrons. The Kier molecular flexibility index (Phi) is 8.42. The number of anilines is 2. The van der Waals surface area contributed by atoms with E-state index >= 15 is 0 Å². The number of nitrogens with one attached hydrogen (secondary N) is 2. The first-order valence-corrected chi connectivity index (χ1v) is 13.8. The van der Waals surface area contributed by atoms with Crippen molar-refractivity contribution in [1.82, 2.24) is 15.2 Å². The molecule has 10 nitrogen and oxygen atoms in total. The number of hydrogen-bond donors (Lipinski definition) is 3. The van der Waals surface area contributed by atoms with Gasteiger partial charge in [0, 0.05) is 43.8 Å². The van der Waals surface area contributed by atoms with Crippen LogP contribution in [0.15, 0.2) is 53.4 Å². The van der Waals surface area contributed by atoms with Crippen LogP contribution in [0.4, 0.5) is 15.9 Å². The van der Waals surface area contributed by atoms with E-state index in [0.717, 1.165) is 37.1 Å². The number of sulfonamides is 1. The summed E-state index contributed by atoms with van der Waals surface area (Å²) in [6.45, 7) is 5.48. The molecule has 0 spiro atoms. The van der Waals surface area contributed by atoms with Gasteiger partial charge in [0.15, 0.2) is 0 Å². The van der Waals surface area contributed by atoms with Gasteiger partial charge in [0.25, 0.3) is 10.0 Å². The highest BCUT2D eigenvalue weighted by molar-refractivity contribution is 7.92. The largest absolute Gasteiger partial charge is 0.478 e. The first-order chi connectivity index (χ1) is 18.2. The van der Waals surface area contributed by atoms with E-state index in [1.54, 1.807) is 6.07 Å². The van der Waals surface area contributed by atoms with Crippen molar-refractivity contribution in [3.63, 3.8) is 0 Å². The number of hydrogen-bond acceptors (Lipinski definition) is 7. The maximum absolute atomic E-state index is 13.2. The molecule has 1 saturated heterocycles. The lowest BCUT2D eigenvalue weighted by atomic mass is 10.1. The third-order valence-electron chi connectivity index (χ3n) is 6.32. The number of halogens is 1. The molecule has 3 aromatic rings. The molecule has 1 amide bonds. The Morgan fingerprint density at radius 3 is 2.42 bits per heavy atom. The molecule has 0 aliphatic carbocycles. The van der Waals surface area contributed by atoms with Crippen LogP contribution in [0.25, 0.3) is 10.9 Å². The van der Waals surface area contributed by atoms with Crippen molar-refractivity contribution in [1.29, 1.82) is 0 Å². The van der Waals surface area contributed by atoms with Crippen LogP contribution in [0.1, 0.15) is 30.1 Å². The molecule has 12 heteroatoms. The summed E-state index contributed by atoms with van der Waals surface area (Å²) in [5, 5.41) is 13.1. The van der Waals surface area contributed by atoms with Crippen LogP contribution in [0.5, 0.6) is 0 Å². The zero-order chi connectivity index (χ0) is 27.3. The number of benzene rings is 2. The topological polar surface area (TPSA) is 132 Å². The normalized spacial score (nSPS) is 14.4. The van der Waals surface area contributed by atoms with Crippen molar-refractivity contribution >= 4 is 44.3 Å². The van der Waals surface area contributed by atoms with Gasteiger partial charge in [0.1, 0.15) is 11.6 Å². The average molecular weight is 544 g/mol. The number of unbranched alkanes of at least 4 members (excludes halogenated alkanes) is 1. The van der Waals surface area contributed by atoms with Crippen LogP contribution in [0, 0.1) is 5.82 Å². The van der Waals surface area contributed by atoms with Crippen LogP contribution in [0.3, 0.4) is 0 Å². The van der Waals surface area contributed by atoms with Crippen LogP contribution >= 0.6 is 0 Å². The molecule has 3 N–H and O–H groups in total. The zero-order valence-electron chi connectivity index (χ0n) is 21.0. The SMILES string of the molecule is CCCCNC(=O)CN1CCN(c2cc(C(=O)O)c3cc(NS(=O)(=O)c4ccc(F)cc4)ccc3n2)CC1. The molecule has 2 aromatic carbocycles. The molecule has 0 atom stereocenters. The number of rotatable bonds is 10. The fourth-order valence-corrected chi connectivity index (χ4v) is 5.29. The van der Waals surface area contributed by atoms with Gasteiger partial charge >= 0.3 is 5.97 Å². The van der Waals surface area contributed by atoms with Crippen molar-refractivity contribution in [3.8, 4) is 0 Å².